The number of nitrogens with one attached hydrogen (secondary N) is 1. The van der Waals surface area contributed by atoms with Gasteiger partial charge in [-0.2, -0.15) is 0 Å². The molecule has 0 saturated heterocycles. The number of benzene rings is 2. The van der Waals surface area contributed by atoms with Crippen LogP contribution in [0.2, 0.25) is 0 Å². The number of hydrogen-bond donors (Lipinski definition) is 1. The Morgan fingerprint density at radius 3 is 2.61 bits per heavy atom. The lowest BCUT2D eigenvalue weighted by atomic mass is 10.1. The van der Waals surface area contributed by atoms with Crippen LogP contribution in [0.4, 0.5) is 5.69 Å². The van der Waals surface area contributed by atoms with E-state index in [1.807, 2.05) is 25.1 Å². The Kier molecular flexibility index (Phi) is 7.33. The molecule has 0 bridgehead atoms. The van der Waals surface area contributed by atoms with Gasteiger partial charge >= 0.3 is 5.97 Å². The Morgan fingerprint density at radius 2 is 1.89 bits per heavy atom. The number of para-hydroxylation sites is 1. The van der Waals surface area contributed by atoms with Crippen LogP contribution < -0.4 is 20.3 Å². The average Bonchev–Trinajstić information content (AvgIpc) is 3.27. The van der Waals surface area contributed by atoms with E-state index < -0.39 is 23.5 Å². The molecule has 10 heteroatoms. The second-order valence-electron chi connectivity index (χ2n) is 7.89. The van der Waals surface area contributed by atoms with Crippen molar-refractivity contribution < 1.29 is 28.3 Å². The molecule has 1 amide bonds. The molecule has 1 atom stereocenters. The predicted molar refractivity (Wildman–Crippen MR) is 130 cm³/mol. The van der Waals surface area contributed by atoms with Crippen LogP contribution in [-0.4, -0.2) is 34.6 Å². The Morgan fingerprint density at radius 1 is 1.11 bits per heavy atom. The van der Waals surface area contributed by atoms with Crippen LogP contribution in [0.5, 0.6) is 11.5 Å². The molecule has 0 fully saturated rings. The number of fused-ring (bicyclic) bond motifs is 1. The molecular weight excluding hydrogens is 466 g/mol. The minimum Gasteiger partial charge on any atom is -0.495 e. The molecule has 10 nitrogen and oxygen atoms in total. The third-order valence-electron chi connectivity index (χ3n) is 5.25. The van der Waals surface area contributed by atoms with Gasteiger partial charge < -0.3 is 24.1 Å². The molecule has 4 aromatic rings. The monoisotopic (exact) mass is 491 g/mol. The maximum absolute atomic E-state index is 12.9. The zero-order valence-electron chi connectivity index (χ0n) is 20.0. The van der Waals surface area contributed by atoms with Gasteiger partial charge in [0.25, 0.3) is 11.5 Å². The third-order valence-corrected chi connectivity index (χ3v) is 5.25. The SMILES string of the molecule is CC[C@H](Oc1ccccc1)C(=O)Nc1cc(C(=O)OCc2cc(=O)n3oc(C)cc3n2)ccc1OC. The van der Waals surface area contributed by atoms with Crippen molar-refractivity contribution in [1.82, 2.24) is 9.56 Å². The van der Waals surface area contributed by atoms with Crippen molar-refractivity contribution in [1.29, 1.82) is 0 Å². The van der Waals surface area contributed by atoms with Crippen molar-refractivity contribution in [2.24, 2.45) is 0 Å². The summed E-state index contributed by atoms with van der Waals surface area (Å²) >= 11 is 0. The van der Waals surface area contributed by atoms with Crippen LogP contribution in [0.25, 0.3) is 5.65 Å². The number of anilines is 1. The average molecular weight is 492 g/mol. The van der Waals surface area contributed by atoms with E-state index in [-0.39, 0.29) is 17.9 Å². The van der Waals surface area contributed by atoms with E-state index >= 15 is 0 Å². The van der Waals surface area contributed by atoms with Gasteiger partial charge in [-0.25, -0.2) is 9.78 Å². The van der Waals surface area contributed by atoms with Gasteiger partial charge in [0.05, 0.1) is 24.1 Å². The predicted octanol–water partition coefficient (Wildman–Crippen LogP) is 3.76. The molecule has 0 unspecified atom stereocenters. The number of carbonyl (C=O) groups excluding carboxylic acids is 2. The summed E-state index contributed by atoms with van der Waals surface area (Å²) in [5, 5.41) is 2.77. The largest absolute Gasteiger partial charge is 0.495 e. The van der Waals surface area contributed by atoms with Crippen LogP contribution in [-0.2, 0) is 16.1 Å². The summed E-state index contributed by atoms with van der Waals surface area (Å²) in [7, 11) is 1.46. The van der Waals surface area contributed by atoms with E-state index in [1.165, 1.54) is 25.3 Å². The Balaban J connectivity index is 1.46. The number of rotatable bonds is 9. The number of hydrogen-bond acceptors (Lipinski definition) is 8. The number of ether oxygens (including phenoxy) is 3. The molecule has 2 aromatic heterocycles. The lowest BCUT2D eigenvalue weighted by molar-refractivity contribution is -0.122. The van der Waals surface area contributed by atoms with Gasteiger partial charge in [0.15, 0.2) is 11.8 Å². The number of nitrogens with zero attached hydrogens (tertiary/aromatic N) is 2. The molecular formula is C26H25N3O7. The smallest absolute Gasteiger partial charge is 0.338 e. The van der Waals surface area contributed by atoms with Crippen LogP contribution in [0, 0.1) is 6.92 Å². The highest BCUT2D eigenvalue weighted by molar-refractivity contribution is 5.98. The molecule has 0 aliphatic rings. The van der Waals surface area contributed by atoms with Crippen molar-refractivity contribution in [2.45, 2.75) is 33.0 Å². The minimum atomic E-state index is -0.751. The molecule has 0 aliphatic heterocycles. The Hall–Kier alpha value is -4.60. The zero-order valence-corrected chi connectivity index (χ0v) is 20.0. The lowest BCUT2D eigenvalue weighted by Gasteiger charge is -2.18. The second-order valence-corrected chi connectivity index (χ2v) is 7.89. The van der Waals surface area contributed by atoms with E-state index in [2.05, 4.69) is 10.3 Å². The Bertz CT molecular complexity index is 1440. The lowest BCUT2D eigenvalue weighted by Crippen LogP contribution is -2.32. The first-order valence-corrected chi connectivity index (χ1v) is 11.2. The molecule has 36 heavy (non-hydrogen) atoms. The van der Waals surface area contributed by atoms with E-state index in [9.17, 15) is 14.4 Å². The number of aromatic nitrogens is 2. The van der Waals surface area contributed by atoms with Crippen LogP contribution in [0.3, 0.4) is 0 Å². The van der Waals surface area contributed by atoms with Crippen molar-refractivity contribution in [3.8, 4) is 11.5 Å². The summed E-state index contributed by atoms with van der Waals surface area (Å²) in [6.07, 6.45) is -0.322. The molecule has 0 radical (unpaired) electrons. The van der Waals surface area contributed by atoms with Gasteiger partial charge in [-0.15, -0.1) is 4.57 Å². The molecule has 2 heterocycles. The van der Waals surface area contributed by atoms with Gasteiger partial charge in [0.1, 0.15) is 23.9 Å². The summed E-state index contributed by atoms with van der Waals surface area (Å²) in [6, 6.07) is 16.4. The van der Waals surface area contributed by atoms with E-state index in [0.717, 1.165) is 4.57 Å². The Labute approximate surface area is 206 Å². The van der Waals surface area contributed by atoms with Gasteiger partial charge in [0, 0.05) is 12.1 Å². The minimum absolute atomic E-state index is 0.181. The molecule has 0 spiro atoms. The first-order chi connectivity index (χ1) is 17.4. The van der Waals surface area contributed by atoms with Crippen LogP contribution in [0.1, 0.15) is 35.2 Å². The topological polar surface area (TPSA) is 121 Å². The normalized spacial score (nSPS) is 11.6. The highest BCUT2D eigenvalue weighted by atomic mass is 16.5. The second kappa shape index (κ2) is 10.8. The van der Waals surface area contributed by atoms with Crippen molar-refractivity contribution in [3.63, 3.8) is 0 Å². The van der Waals surface area contributed by atoms with Crippen molar-refractivity contribution >= 4 is 23.2 Å². The number of carbonyl (C=O) groups is 2. The molecule has 0 aliphatic carbocycles. The molecule has 0 saturated carbocycles. The zero-order chi connectivity index (χ0) is 25.7. The maximum Gasteiger partial charge on any atom is 0.338 e. The maximum atomic E-state index is 12.9. The quantitative estimate of drug-likeness (QED) is 0.351. The van der Waals surface area contributed by atoms with Gasteiger partial charge in [-0.3, -0.25) is 9.59 Å². The van der Waals surface area contributed by atoms with Crippen molar-refractivity contribution in [2.75, 3.05) is 12.4 Å². The van der Waals surface area contributed by atoms with Crippen LogP contribution >= 0.6 is 0 Å². The first-order valence-electron chi connectivity index (χ1n) is 11.2. The molecule has 2 aromatic carbocycles. The fourth-order valence-electron chi connectivity index (χ4n) is 3.50. The number of aryl methyl sites for hydroxylation is 1. The summed E-state index contributed by atoms with van der Waals surface area (Å²) in [5.74, 6) is 0.413. The van der Waals surface area contributed by atoms with E-state index in [0.29, 0.717) is 35.0 Å². The summed E-state index contributed by atoms with van der Waals surface area (Å²) in [5.41, 5.74) is 0.652. The summed E-state index contributed by atoms with van der Waals surface area (Å²) < 4.78 is 22.8. The standard InChI is InChI=1S/C26H25N3O7/c1-4-21(35-19-8-6-5-7-9-19)25(31)28-20-13-17(10-11-22(20)33-3)26(32)34-15-18-14-24(30)29-23(27-18)12-16(2)36-29/h5-14,21H,4,15H2,1-3H3,(H,28,31)/t21-/m0/s1. The summed E-state index contributed by atoms with van der Waals surface area (Å²) in [6.45, 7) is 3.32. The van der Waals surface area contributed by atoms with Gasteiger partial charge in [-0.05, 0) is 43.7 Å². The van der Waals surface area contributed by atoms with E-state index in [1.54, 1.807) is 31.2 Å². The number of esters is 1. The highest BCUT2D eigenvalue weighted by Gasteiger charge is 2.21. The van der Waals surface area contributed by atoms with Crippen LogP contribution in [0.15, 0.2) is 70.0 Å². The fourth-order valence-corrected chi connectivity index (χ4v) is 3.50. The van der Waals surface area contributed by atoms with Gasteiger partial charge in [0.2, 0.25) is 0 Å². The summed E-state index contributed by atoms with van der Waals surface area (Å²) in [4.78, 5) is 42.0. The van der Waals surface area contributed by atoms with E-state index in [4.69, 9.17) is 18.7 Å². The third kappa shape index (κ3) is 5.54. The highest BCUT2D eigenvalue weighted by Crippen LogP contribution is 2.27. The number of methoxy groups -OCH3 is 1. The molecule has 4 rings (SSSR count). The first kappa shape index (κ1) is 24.5. The van der Waals surface area contributed by atoms with Gasteiger partial charge in [-0.1, -0.05) is 25.1 Å². The number of amides is 1. The molecule has 186 valence electrons. The van der Waals surface area contributed by atoms with Crippen molar-refractivity contribution in [3.05, 3.63) is 88.0 Å². The fraction of sp³-hybridized carbons (Fsp3) is 0.231. The molecule has 1 N–H and O–H groups in total.